The highest BCUT2D eigenvalue weighted by atomic mass is 35.5. The summed E-state index contributed by atoms with van der Waals surface area (Å²) in [7, 11) is 0. The second-order valence-corrected chi connectivity index (χ2v) is 5.44. The van der Waals surface area contributed by atoms with Crippen molar-refractivity contribution in [3.8, 4) is 5.75 Å². The van der Waals surface area contributed by atoms with Gasteiger partial charge in [0.25, 0.3) is 0 Å². The van der Waals surface area contributed by atoms with Gasteiger partial charge in [0.05, 0.1) is 17.2 Å². The average Bonchev–Trinajstić information content (AvgIpc) is 2.78. The Kier molecular flexibility index (Phi) is 4.12. The zero-order chi connectivity index (χ0) is 13.1. The molecule has 1 aliphatic heterocycles. The monoisotopic (exact) mass is 267 g/mol. The predicted molar refractivity (Wildman–Crippen MR) is 73.5 cm³/mol. The first-order valence-corrected chi connectivity index (χ1v) is 6.63. The molecule has 1 aromatic carbocycles. The number of halogens is 1. The van der Waals surface area contributed by atoms with Crippen molar-refractivity contribution in [3.05, 3.63) is 29.8 Å². The molecule has 3 nitrogen and oxygen atoms in total. The third-order valence-corrected chi connectivity index (χ3v) is 3.05. The number of rotatable bonds is 4. The van der Waals surface area contributed by atoms with Crippen molar-refractivity contribution in [1.29, 1.82) is 0 Å². The van der Waals surface area contributed by atoms with Crippen LogP contribution in [-0.2, 0) is 4.84 Å². The maximum Gasteiger partial charge on any atom is 0.149 e. The number of hydrogen-bond donors (Lipinski definition) is 0. The van der Waals surface area contributed by atoms with Crippen molar-refractivity contribution in [1.82, 2.24) is 0 Å². The van der Waals surface area contributed by atoms with Crippen molar-refractivity contribution in [2.24, 2.45) is 5.16 Å². The molecule has 1 heterocycles. The third-order valence-electron chi connectivity index (χ3n) is 2.76. The zero-order valence-electron chi connectivity index (χ0n) is 10.9. The number of ether oxygens (including phenoxy) is 1. The minimum absolute atomic E-state index is 0.0201. The van der Waals surface area contributed by atoms with E-state index in [1.54, 1.807) is 0 Å². The lowest BCUT2D eigenvalue weighted by Crippen LogP contribution is -2.18. The molecule has 1 aromatic rings. The fraction of sp³-hybridized carbons (Fsp3) is 0.500. The molecule has 0 aliphatic carbocycles. The first-order valence-electron chi connectivity index (χ1n) is 6.20. The lowest BCUT2D eigenvalue weighted by Gasteiger charge is -2.10. The van der Waals surface area contributed by atoms with Gasteiger partial charge in [0.1, 0.15) is 11.9 Å². The lowest BCUT2D eigenvalue weighted by atomic mass is 10.0. The molecule has 18 heavy (non-hydrogen) atoms. The Balaban J connectivity index is 2.03. The molecule has 2 rings (SSSR count). The van der Waals surface area contributed by atoms with Crippen LogP contribution >= 0.6 is 11.6 Å². The molecule has 0 aromatic heterocycles. The van der Waals surface area contributed by atoms with Crippen LogP contribution in [0.3, 0.4) is 0 Å². The fourth-order valence-corrected chi connectivity index (χ4v) is 1.95. The van der Waals surface area contributed by atoms with Crippen LogP contribution in [0.15, 0.2) is 29.4 Å². The van der Waals surface area contributed by atoms with Gasteiger partial charge < -0.3 is 9.57 Å². The van der Waals surface area contributed by atoms with Gasteiger partial charge in [-0.15, -0.1) is 11.6 Å². The number of hydrogen-bond acceptors (Lipinski definition) is 3. The van der Waals surface area contributed by atoms with Gasteiger partial charge >= 0.3 is 0 Å². The maximum atomic E-state index is 6.00. The standard InChI is InChI=1S/C14H18ClNO2/c1-9(2)17-12-6-4-11(5-7-12)13-8-14(10(3)15)18-16-13/h4-7,9-10,14H,8H2,1-3H3. The highest BCUT2D eigenvalue weighted by Crippen LogP contribution is 2.23. The quantitative estimate of drug-likeness (QED) is 0.781. The van der Waals surface area contributed by atoms with E-state index in [2.05, 4.69) is 5.16 Å². The molecule has 0 radical (unpaired) electrons. The van der Waals surface area contributed by atoms with E-state index in [1.807, 2.05) is 45.0 Å². The summed E-state index contributed by atoms with van der Waals surface area (Å²) in [5, 5.41) is 4.06. The Morgan fingerprint density at radius 1 is 1.28 bits per heavy atom. The average molecular weight is 268 g/mol. The summed E-state index contributed by atoms with van der Waals surface area (Å²) in [5.74, 6) is 0.871. The normalized spacial score (nSPS) is 20.5. The van der Waals surface area contributed by atoms with E-state index >= 15 is 0 Å². The van der Waals surface area contributed by atoms with E-state index in [4.69, 9.17) is 21.2 Å². The molecular formula is C14H18ClNO2. The molecule has 2 atom stereocenters. The summed E-state index contributed by atoms with van der Waals surface area (Å²) >= 11 is 6.00. The summed E-state index contributed by atoms with van der Waals surface area (Å²) in [6.45, 7) is 5.94. The van der Waals surface area contributed by atoms with E-state index in [0.29, 0.717) is 0 Å². The van der Waals surface area contributed by atoms with Crippen molar-refractivity contribution < 1.29 is 9.57 Å². The molecule has 0 spiro atoms. The molecule has 0 saturated heterocycles. The summed E-state index contributed by atoms with van der Waals surface area (Å²) < 4.78 is 5.60. The molecule has 0 fully saturated rings. The molecular weight excluding hydrogens is 250 g/mol. The van der Waals surface area contributed by atoms with Gasteiger partial charge in [0, 0.05) is 6.42 Å². The van der Waals surface area contributed by atoms with Crippen molar-refractivity contribution >= 4 is 17.3 Å². The summed E-state index contributed by atoms with van der Waals surface area (Å²) in [6, 6.07) is 7.91. The first-order chi connectivity index (χ1) is 8.56. The van der Waals surface area contributed by atoms with Gasteiger partial charge in [0.15, 0.2) is 0 Å². The van der Waals surface area contributed by atoms with Crippen LogP contribution in [0, 0.1) is 0 Å². The first kappa shape index (κ1) is 13.2. The van der Waals surface area contributed by atoms with E-state index in [1.165, 1.54) is 0 Å². The van der Waals surface area contributed by atoms with E-state index in [9.17, 15) is 0 Å². The SMILES string of the molecule is CC(C)Oc1ccc(C2=NOC(C(C)Cl)C2)cc1. The van der Waals surface area contributed by atoms with Crippen molar-refractivity contribution in [2.75, 3.05) is 0 Å². The minimum Gasteiger partial charge on any atom is -0.491 e. The molecule has 2 unspecified atom stereocenters. The van der Waals surface area contributed by atoms with Gasteiger partial charge in [0.2, 0.25) is 0 Å². The molecule has 0 bridgehead atoms. The van der Waals surface area contributed by atoms with Crippen LogP contribution in [0.1, 0.15) is 32.8 Å². The minimum atomic E-state index is -0.0326. The van der Waals surface area contributed by atoms with Crippen LogP contribution in [0.4, 0.5) is 0 Å². The van der Waals surface area contributed by atoms with Crippen LogP contribution in [0.5, 0.6) is 5.75 Å². The van der Waals surface area contributed by atoms with Gasteiger partial charge in [-0.2, -0.15) is 0 Å². The van der Waals surface area contributed by atoms with Crippen molar-refractivity contribution in [2.45, 2.75) is 44.8 Å². The van der Waals surface area contributed by atoms with E-state index in [0.717, 1.165) is 23.4 Å². The van der Waals surface area contributed by atoms with Crippen LogP contribution in [0.2, 0.25) is 0 Å². The third kappa shape index (κ3) is 3.16. The molecule has 4 heteroatoms. The molecule has 98 valence electrons. The number of alkyl halides is 1. The molecule has 0 saturated carbocycles. The largest absolute Gasteiger partial charge is 0.491 e. The number of oxime groups is 1. The number of benzene rings is 1. The summed E-state index contributed by atoms with van der Waals surface area (Å²) in [6.07, 6.45) is 0.924. The van der Waals surface area contributed by atoms with Gasteiger partial charge in [-0.05, 0) is 50.6 Å². The Labute approximate surface area is 113 Å². The van der Waals surface area contributed by atoms with Gasteiger partial charge in [-0.25, -0.2) is 0 Å². The topological polar surface area (TPSA) is 30.8 Å². The Morgan fingerprint density at radius 2 is 1.94 bits per heavy atom. The summed E-state index contributed by atoms with van der Waals surface area (Å²) in [4.78, 5) is 5.30. The van der Waals surface area contributed by atoms with Crippen LogP contribution < -0.4 is 4.74 Å². The molecule has 1 aliphatic rings. The fourth-order valence-electron chi connectivity index (χ4n) is 1.81. The van der Waals surface area contributed by atoms with Gasteiger partial charge in [-0.3, -0.25) is 0 Å². The Bertz CT molecular complexity index is 426. The van der Waals surface area contributed by atoms with Crippen LogP contribution in [-0.4, -0.2) is 23.3 Å². The molecule has 0 N–H and O–H groups in total. The smallest absolute Gasteiger partial charge is 0.149 e. The maximum absolute atomic E-state index is 6.00. The van der Waals surface area contributed by atoms with Gasteiger partial charge in [-0.1, -0.05) is 5.16 Å². The van der Waals surface area contributed by atoms with E-state index < -0.39 is 0 Å². The van der Waals surface area contributed by atoms with E-state index in [-0.39, 0.29) is 17.6 Å². The second-order valence-electron chi connectivity index (χ2n) is 4.75. The Hall–Kier alpha value is -1.22. The predicted octanol–water partition coefficient (Wildman–Crippen LogP) is 3.59. The lowest BCUT2D eigenvalue weighted by molar-refractivity contribution is 0.0855. The van der Waals surface area contributed by atoms with Crippen molar-refractivity contribution in [3.63, 3.8) is 0 Å². The second kappa shape index (κ2) is 5.61. The number of nitrogens with zero attached hydrogens (tertiary/aromatic N) is 1. The highest BCUT2D eigenvalue weighted by molar-refractivity contribution is 6.21. The van der Waals surface area contributed by atoms with Crippen LogP contribution in [0.25, 0.3) is 0 Å². The Morgan fingerprint density at radius 3 is 2.44 bits per heavy atom. The molecule has 0 amide bonds. The zero-order valence-corrected chi connectivity index (χ0v) is 11.6. The summed E-state index contributed by atoms with van der Waals surface area (Å²) in [5.41, 5.74) is 2.01. The highest BCUT2D eigenvalue weighted by Gasteiger charge is 2.26.